The maximum Gasteiger partial charge on any atom is 0.255 e. The second kappa shape index (κ2) is 5.84. The molecule has 0 aliphatic rings. The van der Waals surface area contributed by atoms with Gasteiger partial charge in [-0.2, -0.15) is 0 Å². The van der Waals surface area contributed by atoms with Crippen LogP contribution < -0.4 is 10.1 Å². The van der Waals surface area contributed by atoms with E-state index in [-0.39, 0.29) is 23.1 Å². The molecule has 2 N–H and O–H groups in total. The van der Waals surface area contributed by atoms with Crippen molar-refractivity contribution in [2.75, 3.05) is 12.4 Å². The van der Waals surface area contributed by atoms with Gasteiger partial charge in [0.15, 0.2) is 11.5 Å². The number of hydrogen-bond donors (Lipinski definition) is 2. The number of anilines is 1. The normalized spacial score (nSPS) is 10.2. The summed E-state index contributed by atoms with van der Waals surface area (Å²) in [5.74, 6) is -0.220. The largest absolute Gasteiger partial charge is 0.503 e. The zero-order chi connectivity index (χ0) is 14.7. The minimum absolute atomic E-state index is 0.140. The number of nitrogens with one attached hydrogen (secondary N) is 1. The van der Waals surface area contributed by atoms with Crippen molar-refractivity contribution in [3.63, 3.8) is 0 Å². The van der Waals surface area contributed by atoms with E-state index in [1.54, 1.807) is 31.2 Å². The number of carbonyl (C=O) groups excluding carboxylic acids is 1. The number of methoxy groups -OCH3 is 1. The van der Waals surface area contributed by atoms with Gasteiger partial charge in [-0.25, -0.2) is 0 Å². The number of rotatable bonds is 3. The summed E-state index contributed by atoms with van der Waals surface area (Å²) in [6, 6.07) is 10.2. The van der Waals surface area contributed by atoms with E-state index in [0.717, 1.165) is 0 Å². The van der Waals surface area contributed by atoms with Gasteiger partial charge >= 0.3 is 0 Å². The molecule has 0 atom stereocenters. The van der Waals surface area contributed by atoms with E-state index in [1.165, 1.54) is 13.2 Å². The predicted molar refractivity (Wildman–Crippen MR) is 78.8 cm³/mol. The Hall–Kier alpha value is -2.20. The quantitative estimate of drug-likeness (QED) is 0.849. The summed E-state index contributed by atoms with van der Waals surface area (Å²) in [7, 11) is 1.43. The van der Waals surface area contributed by atoms with Gasteiger partial charge in [0.05, 0.1) is 12.8 Å². The second-order valence-corrected chi connectivity index (χ2v) is 4.64. The standard InChI is InChI=1S/C15H14ClNO3/c1-9-11(16)8-12(13(18)14(9)20-2)17-15(19)10-6-4-3-5-7-10/h3-8,18H,1-2H3,(H,17,19). The van der Waals surface area contributed by atoms with E-state index in [1.807, 2.05) is 6.07 Å². The molecule has 0 fully saturated rings. The van der Waals surface area contributed by atoms with Crippen LogP contribution in [-0.4, -0.2) is 18.1 Å². The van der Waals surface area contributed by atoms with Gasteiger partial charge in [-0.1, -0.05) is 29.8 Å². The monoisotopic (exact) mass is 291 g/mol. The van der Waals surface area contributed by atoms with Crippen molar-refractivity contribution >= 4 is 23.2 Å². The summed E-state index contributed by atoms with van der Waals surface area (Å²) in [6.45, 7) is 1.73. The van der Waals surface area contributed by atoms with Crippen LogP contribution in [0.15, 0.2) is 36.4 Å². The van der Waals surface area contributed by atoms with Crippen LogP contribution >= 0.6 is 11.6 Å². The van der Waals surface area contributed by atoms with Crippen molar-refractivity contribution in [3.05, 3.63) is 52.5 Å². The van der Waals surface area contributed by atoms with Crippen LogP contribution in [0.4, 0.5) is 5.69 Å². The molecule has 0 heterocycles. The Labute approximate surface area is 122 Å². The van der Waals surface area contributed by atoms with Gasteiger partial charge < -0.3 is 15.2 Å². The van der Waals surface area contributed by atoms with Gasteiger partial charge in [-0.3, -0.25) is 4.79 Å². The van der Waals surface area contributed by atoms with E-state index in [0.29, 0.717) is 16.1 Å². The highest BCUT2D eigenvalue weighted by atomic mass is 35.5. The maximum absolute atomic E-state index is 12.1. The predicted octanol–water partition coefficient (Wildman–Crippen LogP) is 3.61. The molecule has 20 heavy (non-hydrogen) atoms. The summed E-state index contributed by atoms with van der Waals surface area (Å²) in [6.07, 6.45) is 0. The maximum atomic E-state index is 12.1. The van der Waals surface area contributed by atoms with Crippen molar-refractivity contribution in [2.24, 2.45) is 0 Å². The molecule has 104 valence electrons. The smallest absolute Gasteiger partial charge is 0.255 e. The first-order valence-corrected chi connectivity index (χ1v) is 6.35. The molecular formula is C15H14ClNO3. The highest BCUT2D eigenvalue weighted by molar-refractivity contribution is 6.32. The lowest BCUT2D eigenvalue weighted by molar-refractivity contribution is 0.102. The molecule has 5 heteroatoms. The van der Waals surface area contributed by atoms with Crippen LogP contribution in [0.2, 0.25) is 5.02 Å². The van der Waals surface area contributed by atoms with Crippen LogP contribution in [-0.2, 0) is 0 Å². The molecule has 0 aliphatic heterocycles. The van der Waals surface area contributed by atoms with E-state index in [2.05, 4.69) is 5.32 Å². The number of benzene rings is 2. The number of halogens is 1. The van der Waals surface area contributed by atoms with Crippen molar-refractivity contribution in [3.8, 4) is 11.5 Å². The van der Waals surface area contributed by atoms with Crippen LogP contribution in [0, 0.1) is 6.92 Å². The Morgan fingerprint density at radius 2 is 1.95 bits per heavy atom. The average Bonchev–Trinajstić information content (AvgIpc) is 2.46. The molecule has 0 aromatic heterocycles. The summed E-state index contributed by atoms with van der Waals surface area (Å²) in [5, 5.41) is 13.1. The van der Waals surface area contributed by atoms with Crippen LogP contribution in [0.5, 0.6) is 11.5 Å². The molecule has 0 saturated heterocycles. The third-order valence-corrected chi connectivity index (χ3v) is 3.32. The fourth-order valence-electron chi connectivity index (χ4n) is 1.84. The minimum atomic E-state index is -0.331. The minimum Gasteiger partial charge on any atom is -0.503 e. The molecule has 2 rings (SSSR count). The zero-order valence-electron chi connectivity index (χ0n) is 11.1. The molecule has 1 amide bonds. The summed E-state index contributed by atoms with van der Waals surface area (Å²) in [4.78, 5) is 12.1. The average molecular weight is 292 g/mol. The van der Waals surface area contributed by atoms with Crippen LogP contribution in [0.1, 0.15) is 15.9 Å². The van der Waals surface area contributed by atoms with E-state index in [4.69, 9.17) is 16.3 Å². The lowest BCUT2D eigenvalue weighted by Gasteiger charge is -2.14. The molecule has 2 aromatic rings. The SMILES string of the molecule is COc1c(C)c(Cl)cc(NC(=O)c2ccccc2)c1O. The van der Waals surface area contributed by atoms with E-state index in [9.17, 15) is 9.90 Å². The molecule has 0 bridgehead atoms. The van der Waals surface area contributed by atoms with Crippen molar-refractivity contribution in [1.82, 2.24) is 0 Å². The molecule has 0 aliphatic carbocycles. The number of hydrogen-bond acceptors (Lipinski definition) is 3. The van der Waals surface area contributed by atoms with Gasteiger partial charge in [-0.15, -0.1) is 0 Å². The molecule has 2 aromatic carbocycles. The highest BCUT2D eigenvalue weighted by Gasteiger charge is 2.17. The van der Waals surface area contributed by atoms with E-state index >= 15 is 0 Å². The van der Waals surface area contributed by atoms with Crippen LogP contribution in [0.25, 0.3) is 0 Å². The number of phenolic OH excluding ortho intramolecular Hbond substituents is 1. The summed E-state index contributed by atoms with van der Waals surface area (Å²) in [5.41, 5.74) is 1.32. The Bertz CT molecular complexity index is 641. The first kappa shape index (κ1) is 14.2. The molecule has 0 unspecified atom stereocenters. The second-order valence-electron chi connectivity index (χ2n) is 4.23. The zero-order valence-corrected chi connectivity index (χ0v) is 11.9. The Morgan fingerprint density at radius 1 is 1.30 bits per heavy atom. The van der Waals surface area contributed by atoms with Gasteiger partial charge in [0.1, 0.15) is 0 Å². The molecule has 0 radical (unpaired) electrons. The van der Waals surface area contributed by atoms with Crippen molar-refractivity contribution < 1.29 is 14.6 Å². The van der Waals surface area contributed by atoms with Crippen LogP contribution in [0.3, 0.4) is 0 Å². The molecule has 0 spiro atoms. The number of ether oxygens (including phenoxy) is 1. The first-order chi connectivity index (χ1) is 9.54. The summed E-state index contributed by atoms with van der Waals surface area (Å²) < 4.78 is 5.10. The number of aromatic hydroxyl groups is 1. The van der Waals surface area contributed by atoms with Gasteiger partial charge in [0, 0.05) is 16.1 Å². The van der Waals surface area contributed by atoms with Gasteiger partial charge in [-0.05, 0) is 25.1 Å². The highest BCUT2D eigenvalue weighted by Crippen LogP contribution is 2.41. The van der Waals surface area contributed by atoms with Crippen molar-refractivity contribution in [1.29, 1.82) is 0 Å². The topological polar surface area (TPSA) is 58.6 Å². The Kier molecular flexibility index (Phi) is 4.15. The van der Waals surface area contributed by atoms with Gasteiger partial charge in [0.2, 0.25) is 0 Å². The lowest BCUT2D eigenvalue weighted by Crippen LogP contribution is -2.12. The number of amides is 1. The first-order valence-electron chi connectivity index (χ1n) is 5.97. The van der Waals surface area contributed by atoms with Crippen molar-refractivity contribution in [2.45, 2.75) is 6.92 Å². The number of carbonyl (C=O) groups is 1. The Morgan fingerprint density at radius 3 is 2.55 bits per heavy atom. The fraction of sp³-hybridized carbons (Fsp3) is 0.133. The Balaban J connectivity index is 2.35. The number of phenols is 1. The lowest BCUT2D eigenvalue weighted by atomic mass is 10.1. The molecule has 0 saturated carbocycles. The summed E-state index contributed by atoms with van der Waals surface area (Å²) >= 11 is 6.06. The van der Waals surface area contributed by atoms with Gasteiger partial charge in [0.25, 0.3) is 5.91 Å². The third kappa shape index (κ3) is 2.70. The van der Waals surface area contributed by atoms with E-state index < -0.39 is 0 Å². The molecule has 4 nitrogen and oxygen atoms in total. The molecular weight excluding hydrogens is 278 g/mol. The fourth-order valence-corrected chi connectivity index (χ4v) is 2.04. The third-order valence-electron chi connectivity index (χ3n) is 2.93.